The predicted octanol–water partition coefficient (Wildman–Crippen LogP) is 15.1. The lowest BCUT2D eigenvalue weighted by Crippen LogP contribution is -2.21. The molecule has 0 amide bonds. The Balaban J connectivity index is 1.23. The Hall–Kier alpha value is -7.10. The molecule has 0 N–H and O–H groups in total. The molecule has 1 aliphatic carbocycles. The van der Waals surface area contributed by atoms with Gasteiger partial charge in [-0.2, -0.15) is 0 Å². The Morgan fingerprint density at radius 3 is 1.80 bits per heavy atom. The second kappa shape index (κ2) is 12.5. The van der Waals surface area contributed by atoms with Crippen molar-refractivity contribution in [3.05, 3.63) is 205 Å². The van der Waals surface area contributed by atoms with E-state index in [9.17, 15) is 0 Å². The first kappa shape index (κ1) is 32.3. The van der Waals surface area contributed by atoms with Gasteiger partial charge in [-0.3, -0.25) is 0 Å². The number of anilines is 6. The lowest BCUT2D eigenvalue weighted by Gasteiger charge is -2.34. The van der Waals surface area contributed by atoms with E-state index in [-0.39, 0.29) is 5.41 Å². The lowest BCUT2D eigenvalue weighted by molar-refractivity contribution is 0.661. The molecule has 1 aliphatic rings. The highest BCUT2D eigenvalue weighted by atomic mass is 16.3. The van der Waals surface area contributed by atoms with Crippen molar-refractivity contribution in [2.75, 3.05) is 9.80 Å². The van der Waals surface area contributed by atoms with Crippen LogP contribution in [0.15, 0.2) is 199 Å². The molecule has 0 spiro atoms. The molecule has 266 valence electrons. The molecule has 0 aliphatic heterocycles. The lowest BCUT2D eigenvalue weighted by atomic mass is 9.79. The predicted molar refractivity (Wildman–Crippen MR) is 236 cm³/mol. The maximum absolute atomic E-state index is 6.42. The van der Waals surface area contributed by atoms with Crippen molar-refractivity contribution in [2.45, 2.75) is 19.3 Å². The minimum Gasteiger partial charge on any atom is -0.456 e. The van der Waals surface area contributed by atoms with Crippen molar-refractivity contribution in [1.29, 1.82) is 0 Å². The van der Waals surface area contributed by atoms with Gasteiger partial charge in [-0.15, -0.1) is 0 Å². The fourth-order valence-electron chi connectivity index (χ4n) is 9.32. The summed E-state index contributed by atoms with van der Waals surface area (Å²) in [6, 6.07) is 70.1. The zero-order chi connectivity index (χ0) is 37.4. The van der Waals surface area contributed by atoms with Crippen LogP contribution in [0, 0.1) is 0 Å². The second-order valence-corrected chi connectivity index (χ2v) is 15.3. The summed E-state index contributed by atoms with van der Waals surface area (Å²) in [4.78, 5) is 4.89. The number of para-hydroxylation sites is 3. The average Bonchev–Trinajstić information content (AvgIpc) is 3.74. The number of nitrogens with zero attached hydrogens (tertiary/aromatic N) is 2. The monoisotopic (exact) mass is 718 g/mol. The maximum atomic E-state index is 6.42. The summed E-state index contributed by atoms with van der Waals surface area (Å²) in [6.45, 7) is 4.79. The van der Waals surface area contributed by atoms with Crippen molar-refractivity contribution < 1.29 is 4.42 Å². The topological polar surface area (TPSA) is 19.6 Å². The van der Waals surface area contributed by atoms with Gasteiger partial charge in [-0.1, -0.05) is 141 Å². The molecule has 0 radical (unpaired) electrons. The van der Waals surface area contributed by atoms with Crippen LogP contribution in [-0.4, -0.2) is 0 Å². The third-order valence-electron chi connectivity index (χ3n) is 11.7. The van der Waals surface area contributed by atoms with Crippen molar-refractivity contribution in [3.63, 3.8) is 0 Å². The molecule has 56 heavy (non-hydrogen) atoms. The molecule has 11 rings (SSSR count). The Bertz CT molecular complexity index is 3120. The van der Waals surface area contributed by atoms with E-state index in [1.807, 2.05) is 6.07 Å². The summed E-state index contributed by atoms with van der Waals surface area (Å²) in [7, 11) is 0. The van der Waals surface area contributed by atoms with E-state index in [0.29, 0.717) is 0 Å². The average molecular weight is 719 g/mol. The standard InChI is InChI=1S/C53H38N2O/c1-53(2)45-27-13-11-25-42(45)44-33-36-32-31-35-17-9-10-24-41(35)49(36)52(51(44)53)55(38-20-7-4-8-21-38)40-23-15-22-39(34-40)54(37-18-5-3-6-19-37)46-28-16-30-48-50(46)43-26-12-14-29-47(43)56-48/h3-34H,1-2H3. The number of hydrogen-bond donors (Lipinski definition) is 0. The van der Waals surface area contributed by atoms with Gasteiger partial charge in [0, 0.05) is 38.9 Å². The zero-order valence-corrected chi connectivity index (χ0v) is 31.3. The number of furan rings is 1. The number of hydrogen-bond acceptors (Lipinski definition) is 3. The van der Waals surface area contributed by atoms with E-state index in [1.54, 1.807) is 0 Å². The Labute approximate surface area is 326 Å². The highest BCUT2D eigenvalue weighted by molar-refractivity contribution is 6.19. The number of rotatable bonds is 6. The Kier molecular flexibility index (Phi) is 7.20. The summed E-state index contributed by atoms with van der Waals surface area (Å²) in [5.41, 5.74) is 13.4. The van der Waals surface area contributed by atoms with Crippen LogP contribution in [0.4, 0.5) is 34.1 Å². The minimum atomic E-state index is -0.259. The summed E-state index contributed by atoms with van der Waals surface area (Å²) >= 11 is 0. The first-order chi connectivity index (χ1) is 27.6. The number of benzene rings is 9. The SMILES string of the molecule is CC1(C)c2ccccc2-c2cc3ccc4ccccc4c3c(N(c3ccccc3)c3cccc(N(c4ccccc4)c4cccc5oc6ccccc6c45)c3)c21. The van der Waals surface area contributed by atoms with Crippen LogP contribution in [-0.2, 0) is 5.41 Å². The van der Waals surface area contributed by atoms with Gasteiger partial charge in [-0.25, -0.2) is 0 Å². The molecule has 10 aromatic rings. The first-order valence-electron chi connectivity index (χ1n) is 19.4. The van der Waals surface area contributed by atoms with Crippen molar-refractivity contribution >= 4 is 77.6 Å². The Morgan fingerprint density at radius 1 is 0.411 bits per heavy atom. The van der Waals surface area contributed by atoms with Gasteiger partial charge in [0.05, 0.1) is 16.8 Å². The molecule has 0 saturated heterocycles. The molecule has 9 aromatic carbocycles. The molecule has 3 nitrogen and oxygen atoms in total. The van der Waals surface area contributed by atoms with E-state index in [0.717, 1.165) is 50.4 Å². The molecule has 3 heteroatoms. The Morgan fingerprint density at radius 2 is 1.00 bits per heavy atom. The van der Waals surface area contributed by atoms with E-state index in [1.165, 1.54) is 49.5 Å². The summed E-state index contributed by atoms with van der Waals surface area (Å²) in [6.07, 6.45) is 0. The van der Waals surface area contributed by atoms with Crippen LogP contribution in [0.25, 0.3) is 54.6 Å². The van der Waals surface area contributed by atoms with Crippen molar-refractivity contribution in [1.82, 2.24) is 0 Å². The van der Waals surface area contributed by atoms with Gasteiger partial charge in [0.1, 0.15) is 11.2 Å². The van der Waals surface area contributed by atoms with Gasteiger partial charge in [0.15, 0.2) is 0 Å². The normalized spacial score (nSPS) is 13.0. The first-order valence-corrected chi connectivity index (χ1v) is 19.4. The molecular weight excluding hydrogens is 681 g/mol. The minimum absolute atomic E-state index is 0.259. The molecule has 0 saturated carbocycles. The van der Waals surface area contributed by atoms with E-state index < -0.39 is 0 Å². The zero-order valence-electron chi connectivity index (χ0n) is 31.3. The second-order valence-electron chi connectivity index (χ2n) is 15.3. The molecule has 0 unspecified atom stereocenters. The third-order valence-corrected chi connectivity index (χ3v) is 11.7. The highest BCUT2D eigenvalue weighted by Crippen LogP contribution is 2.58. The molecular formula is C53H38N2O. The molecule has 0 bridgehead atoms. The van der Waals surface area contributed by atoms with Gasteiger partial charge in [-0.05, 0) is 105 Å². The van der Waals surface area contributed by atoms with Gasteiger partial charge < -0.3 is 14.2 Å². The van der Waals surface area contributed by atoms with Crippen LogP contribution in [0.2, 0.25) is 0 Å². The smallest absolute Gasteiger partial charge is 0.137 e. The van der Waals surface area contributed by atoms with Crippen LogP contribution in [0.3, 0.4) is 0 Å². The van der Waals surface area contributed by atoms with Crippen LogP contribution >= 0.6 is 0 Å². The highest BCUT2D eigenvalue weighted by Gasteiger charge is 2.40. The number of fused-ring (bicyclic) bond motifs is 9. The molecule has 0 fully saturated rings. The van der Waals surface area contributed by atoms with E-state index in [4.69, 9.17) is 4.42 Å². The largest absolute Gasteiger partial charge is 0.456 e. The van der Waals surface area contributed by atoms with Gasteiger partial charge in [0.2, 0.25) is 0 Å². The quantitative estimate of drug-likeness (QED) is 0.160. The molecule has 1 heterocycles. The summed E-state index contributed by atoms with van der Waals surface area (Å²) < 4.78 is 6.42. The van der Waals surface area contributed by atoms with Crippen LogP contribution in [0.5, 0.6) is 0 Å². The fraction of sp³-hybridized carbons (Fsp3) is 0.0566. The van der Waals surface area contributed by atoms with Crippen LogP contribution in [0.1, 0.15) is 25.0 Å². The van der Waals surface area contributed by atoms with E-state index >= 15 is 0 Å². The summed E-state index contributed by atoms with van der Waals surface area (Å²) in [5.74, 6) is 0. The van der Waals surface area contributed by atoms with Crippen LogP contribution < -0.4 is 9.80 Å². The third kappa shape index (κ3) is 4.84. The molecule has 0 atom stereocenters. The summed E-state index contributed by atoms with van der Waals surface area (Å²) in [5, 5.41) is 7.15. The van der Waals surface area contributed by atoms with Crippen molar-refractivity contribution in [3.8, 4) is 11.1 Å². The molecule has 1 aromatic heterocycles. The fourth-order valence-corrected chi connectivity index (χ4v) is 9.32. The van der Waals surface area contributed by atoms with Gasteiger partial charge in [0.25, 0.3) is 0 Å². The van der Waals surface area contributed by atoms with Gasteiger partial charge >= 0.3 is 0 Å². The maximum Gasteiger partial charge on any atom is 0.137 e. The van der Waals surface area contributed by atoms with Crippen molar-refractivity contribution in [2.24, 2.45) is 0 Å². The van der Waals surface area contributed by atoms with E-state index in [2.05, 4.69) is 212 Å².